The van der Waals surface area contributed by atoms with Crippen LogP contribution in [0.15, 0.2) is 31.0 Å². The Hall–Kier alpha value is -4.10. The van der Waals surface area contributed by atoms with Crippen molar-refractivity contribution in [3.05, 3.63) is 42.6 Å². The second-order valence-corrected chi connectivity index (χ2v) is 9.40. The molecule has 5 rings (SSSR count). The predicted molar refractivity (Wildman–Crippen MR) is 144 cm³/mol. The molecular formula is C27H30F2N6O5. The highest BCUT2D eigenvalue weighted by atomic mass is 19.1. The standard InChI is InChI=1S/C27H30F2N6O5/c1-4-21(36)32-17-12-39-13-18(17)34-27-31-10-14-8-16(22-23(28)19(37-2)9-20(38-3)24(22)29)33-26(25(14)35-27)30-11-15-6-5-7-40-15/h4,8-10,15,17-18H,1,5-7,11-13H2,2-3H3,(H,30,33)(H,32,36)(H,31,34,35)/t15?,17-,18+/m0/s1. The lowest BCUT2D eigenvalue weighted by Crippen LogP contribution is -2.45. The van der Waals surface area contributed by atoms with Crippen molar-refractivity contribution in [2.24, 2.45) is 0 Å². The molecule has 40 heavy (non-hydrogen) atoms. The normalized spacial score (nSPS) is 20.4. The highest BCUT2D eigenvalue weighted by Crippen LogP contribution is 2.38. The molecule has 212 valence electrons. The van der Waals surface area contributed by atoms with Crippen LogP contribution < -0.4 is 25.4 Å². The molecular weight excluding hydrogens is 526 g/mol. The van der Waals surface area contributed by atoms with Crippen LogP contribution in [0, 0.1) is 11.6 Å². The summed E-state index contributed by atoms with van der Waals surface area (Å²) in [5.41, 5.74) is 0.0418. The van der Waals surface area contributed by atoms with E-state index in [2.05, 4.69) is 37.5 Å². The second-order valence-electron chi connectivity index (χ2n) is 9.40. The number of fused-ring (bicyclic) bond motifs is 1. The number of anilines is 2. The van der Waals surface area contributed by atoms with E-state index in [4.69, 9.17) is 18.9 Å². The maximum Gasteiger partial charge on any atom is 0.243 e. The van der Waals surface area contributed by atoms with E-state index in [1.807, 2.05) is 0 Å². The van der Waals surface area contributed by atoms with Crippen molar-refractivity contribution in [3.8, 4) is 22.8 Å². The quantitative estimate of drug-likeness (QED) is 0.321. The van der Waals surface area contributed by atoms with Gasteiger partial charge in [0.1, 0.15) is 5.52 Å². The second kappa shape index (κ2) is 12.0. The van der Waals surface area contributed by atoms with Gasteiger partial charge in [-0.3, -0.25) is 4.79 Å². The van der Waals surface area contributed by atoms with Gasteiger partial charge in [-0.1, -0.05) is 6.58 Å². The van der Waals surface area contributed by atoms with Gasteiger partial charge in [-0.25, -0.2) is 23.7 Å². The smallest absolute Gasteiger partial charge is 0.243 e. The molecule has 11 nitrogen and oxygen atoms in total. The third-order valence-electron chi connectivity index (χ3n) is 6.82. The molecule has 2 aliphatic heterocycles. The molecule has 1 amide bonds. The zero-order valence-corrected chi connectivity index (χ0v) is 22.1. The topological polar surface area (TPSA) is 129 Å². The Morgan fingerprint density at radius 1 is 1.15 bits per heavy atom. The van der Waals surface area contributed by atoms with E-state index in [1.54, 1.807) is 0 Å². The summed E-state index contributed by atoms with van der Waals surface area (Å²) >= 11 is 0. The van der Waals surface area contributed by atoms with Crippen molar-refractivity contribution < 1.29 is 32.5 Å². The summed E-state index contributed by atoms with van der Waals surface area (Å²) in [4.78, 5) is 25.4. The van der Waals surface area contributed by atoms with Crippen LogP contribution in [0.2, 0.25) is 0 Å². The molecule has 1 unspecified atom stereocenters. The monoisotopic (exact) mass is 556 g/mol. The summed E-state index contributed by atoms with van der Waals surface area (Å²) in [5, 5.41) is 9.76. The Kier molecular flexibility index (Phi) is 8.21. The average Bonchev–Trinajstić information content (AvgIpc) is 3.64. The lowest BCUT2D eigenvalue weighted by molar-refractivity contribution is -0.117. The zero-order chi connectivity index (χ0) is 28.2. The number of pyridine rings is 1. The summed E-state index contributed by atoms with van der Waals surface area (Å²) in [6, 6.07) is 2.05. The third-order valence-corrected chi connectivity index (χ3v) is 6.82. The lowest BCUT2D eigenvalue weighted by atomic mass is 10.1. The van der Waals surface area contributed by atoms with Crippen molar-refractivity contribution in [2.45, 2.75) is 31.0 Å². The summed E-state index contributed by atoms with van der Waals surface area (Å²) in [7, 11) is 2.57. The number of benzene rings is 1. The van der Waals surface area contributed by atoms with Gasteiger partial charge in [-0.15, -0.1) is 0 Å². The molecule has 2 aromatic heterocycles. The molecule has 3 N–H and O–H groups in total. The maximum atomic E-state index is 15.4. The Balaban J connectivity index is 1.54. The number of aromatic nitrogens is 3. The molecule has 0 saturated carbocycles. The molecule has 3 atom stereocenters. The fourth-order valence-corrected chi connectivity index (χ4v) is 4.73. The summed E-state index contributed by atoms with van der Waals surface area (Å²) in [6.45, 7) is 5.24. The first-order valence-corrected chi connectivity index (χ1v) is 12.8. The first kappa shape index (κ1) is 27.5. The van der Waals surface area contributed by atoms with Crippen molar-refractivity contribution in [1.29, 1.82) is 0 Å². The predicted octanol–water partition coefficient (Wildman–Crippen LogP) is 3.06. The number of amides is 1. The Labute approximate surface area is 229 Å². The highest BCUT2D eigenvalue weighted by molar-refractivity contribution is 5.92. The van der Waals surface area contributed by atoms with Gasteiger partial charge < -0.3 is 34.9 Å². The van der Waals surface area contributed by atoms with E-state index >= 15 is 8.78 Å². The lowest BCUT2D eigenvalue weighted by Gasteiger charge is -2.20. The number of methoxy groups -OCH3 is 2. The SMILES string of the molecule is C=CC(=O)N[C@H]1COC[C@H]1Nc1ncc2cc(-c3c(F)c(OC)cc(OC)c3F)nc(NCC3CCCO3)c2n1. The molecule has 1 aromatic carbocycles. The molecule has 2 saturated heterocycles. The van der Waals surface area contributed by atoms with Crippen molar-refractivity contribution in [3.63, 3.8) is 0 Å². The van der Waals surface area contributed by atoms with Crippen molar-refractivity contribution >= 4 is 28.6 Å². The zero-order valence-electron chi connectivity index (χ0n) is 22.1. The van der Waals surface area contributed by atoms with Gasteiger partial charge in [0.05, 0.1) is 56.9 Å². The highest BCUT2D eigenvalue weighted by Gasteiger charge is 2.30. The average molecular weight is 557 g/mol. The summed E-state index contributed by atoms with van der Waals surface area (Å²) in [6.07, 6.45) is 4.52. The third kappa shape index (κ3) is 5.61. The fraction of sp³-hybridized carbons (Fsp3) is 0.407. The minimum absolute atomic E-state index is 0.00949. The van der Waals surface area contributed by atoms with Gasteiger partial charge in [-0.05, 0) is 25.0 Å². The fourth-order valence-electron chi connectivity index (χ4n) is 4.73. The Bertz CT molecular complexity index is 1390. The van der Waals surface area contributed by atoms with Crippen LogP contribution in [0.25, 0.3) is 22.2 Å². The Morgan fingerprint density at radius 2 is 1.90 bits per heavy atom. The van der Waals surface area contributed by atoms with Crippen LogP contribution in [-0.4, -0.2) is 79.6 Å². The van der Waals surface area contributed by atoms with E-state index in [9.17, 15) is 4.79 Å². The molecule has 4 heterocycles. The minimum Gasteiger partial charge on any atom is -0.494 e. The van der Waals surface area contributed by atoms with Crippen LogP contribution >= 0.6 is 0 Å². The number of nitrogens with one attached hydrogen (secondary N) is 3. The number of hydrogen-bond donors (Lipinski definition) is 3. The molecule has 0 aliphatic carbocycles. The largest absolute Gasteiger partial charge is 0.494 e. The number of carbonyl (C=O) groups is 1. The first-order chi connectivity index (χ1) is 19.4. The number of halogens is 2. The number of carbonyl (C=O) groups excluding carboxylic acids is 1. The van der Waals surface area contributed by atoms with Gasteiger partial charge >= 0.3 is 0 Å². The van der Waals surface area contributed by atoms with E-state index < -0.39 is 17.2 Å². The van der Waals surface area contributed by atoms with Crippen molar-refractivity contribution in [2.75, 3.05) is 51.2 Å². The van der Waals surface area contributed by atoms with Crippen LogP contribution in [0.4, 0.5) is 20.5 Å². The summed E-state index contributed by atoms with van der Waals surface area (Å²) in [5.74, 6) is -1.93. The Morgan fingerprint density at radius 3 is 2.58 bits per heavy atom. The number of ether oxygens (including phenoxy) is 4. The minimum atomic E-state index is -0.911. The molecule has 2 fully saturated rings. The van der Waals surface area contributed by atoms with Gasteiger partial charge in [0.25, 0.3) is 0 Å². The summed E-state index contributed by atoms with van der Waals surface area (Å²) < 4.78 is 52.1. The van der Waals surface area contributed by atoms with Crippen LogP contribution in [0.3, 0.4) is 0 Å². The van der Waals surface area contributed by atoms with E-state index in [-0.39, 0.29) is 47.2 Å². The van der Waals surface area contributed by atoms with Gasteiger partial charge in [0.2, 0.25) is 11.9 Å². The number of nitrogens with zero attached hydrogens (tertiary/aromatic N) is 3. The first-order valence-electron chi connectivity index (χ1n) is 12.8. The van der Waals surface area contributed by atoms with Crippen LogP contribution in [-0.2, 0) is 14.3 Å². The molecule has 13 heteroatoms. The molecule has 2 aliphatic rings. The van der Waals surface area contributed by atoms with Gasteiger partial charge in [0.15, 0.2) is 29.0 Å². The van der Waals surface area contributed by atoms with E-state index in [0.717, 1.165) is 18.9 Å². The van der Waals surface area contributed by atoms with Gasteiger partial charge in [0, 0.05) is 30.8 Å². The number of rotatable bonds is 10. The van der Waals surface area contributed by atoms with E-state index in [0.29, 0.717) is 43.1 Å². The molecule has 3 aromatic rings. The molecule has 0 spiro atoms. The number of hydrogen-bond acceptors (Lipinski definition) is 10. The van der Waals surface area contributed by atoms with Crippen molar-refractivity contribution in [1.82, 2.24) is 20.3 Å². The van der Waals surface area contributed by atoms with E-state index in [1.165, 1.54) is 32.6 Å². The van der Waals surface area contributed by atoms with Gasteiger partial charge in [-0.2, -0.15) is 0 Å². The van der Waals surface area contributed by atoms with Crippen LogP contribution in [0.5, 0.6) is 11.5 Å². The molecule has 0 radical (unpaired) electrons. The molecule has 0 bridgehead atoms. The maximum absolute atomic E-state index is 15.4. The van der Waals surface area contributed by atoms with Crippen LogP contribution in [0.1, 0.15) is 12.8 Å².